The molecule has 5 heteroatoms. The first-order valence-electron chi connectivity index (χ1n) is 5.55. The van der Waals surface area contributed by atoms with Gasteiger partial charge in [-0.2, -0.15) is 0 Å². The van der Waals surface area contributed by atoms with Crippen LogP contribution in [0.25, 0.3) is 0 Å². The molecule has 0 aliphatic heterocycles. The summed E-state index contributed by atoms with van der Waals surface area (Å²) in [5.41, 5.74) is 8.01. The molecular formula is C13H13Cl2NOS. The predicted molar refractivity (Wildman–Crippen MR) is 78.0 cm³/mol. The van der Waals surface area contributed by atoms with Gasteiger partial charge in [0, 0.05) is 5.56 Å². The Hall–Kier alpha value is -0.740. The Bertz CT molecular complexity index is 542. The molecule has 0 spiro atoms. The summed E-state index contributed by atoms with van der Waals surface area (Å²) in [5.74, 6) is 0.808. The Morgan fingerprint density at radius 2 is 2.11 bits per heavy atom. The van der Waals surface area contributed by atoms with Crippen LogP contribution in [0.5, 0.6) is 5.75 Å². The zero-order valence-corrected chi connectivity index (χ0v) is 12.1. The molecule has 2 N–H and O–H groups in total. The average molecular weight is 302 g/mol. The maximum absolute atomic E-state index is 6.20. The van der Waals surface area contributed by atoms with E-state index < -0.39 is 0 Å². The van der Waals surface area contributed by atoms with Crippen molar-refractivity contribution in [1.82, 2.24) is 0 Å². The molecule has 0 saturated heterocycles. The molecule has 1 atom stereocenters. The number of benzene rings is 1. The Morgan fingerprint density at radius 3 is 2.72 bits per heavy atom. The first kappa shape index (κ1) is 13.7. The van der Waals surface area contributed by atoms with E-state index in [1.165, 1.54) is 11.3 Å². The van der Waals surface area contributed by atoms with Crippen LogP contribution in [0.3, 0.4) is 0 Å². The Kier molecular flexibility index (Phi) is 4.51. The van der Waals surface area contributed by atoms with E-state index in [9.17, 15) is 0 Å². The summed E-state index contributed by atoms with van der Waals surface area (Å²) in [5, 5.41) is 0. The van der Waals surface area contributed by atoms with Crippen LogP contribution in [-0.2, 0) is 0 Å². The SMILES string of the molecule is CCOc1cccc(C(N)c2cc(Cl)sc2Cl)c1. The lowest BCUT2D eigenvalue weighted by atomic mass is 10.0. The number of halogens is 2. The minimum Gasteiger partial charge on any atom is -0.494 e. The van der Waals surface area contributed by atoms with Gasteiger partial charge in [-0.05, 0) is 30.7 Å². The highest BCUT2D eigenvalue weighted by molar-refractivity contribution is 7.20. The number of thiophene rings is 1. The second-order valence-electron chi connectivity index (χ2n) is 3.76. The van der Waals surface area contributed by atoms with Crippen molar-refractivity contribution in [2.24, 2.45) is 5.73 Å². The number of rotatable bonds is 4. The van der Waals surface area contributed by atoms with Crippen LogP contribution in [0.15, 0.2) is 30.3 Å². The van der Waals surface area contributed by atoms with E-state index in [4.69, 9.17) is 33.7 Å². The molecule has 0 aliphatic carbocycles. The van der Waals surface area contributed by atoms with Gasteiger partial charge in [0.15, 0.2) is 0 Å². The largest absolute Gasteiger partial charge is 0.494 e. The van der Waals surface area contributed by atoms with Gasteiger partial charge in [0.1, 0.15) is 5.75 Å². The highest BCUT2D eigenvalue weighted by atomic mass is 35.5. The van der Waals surface area contributed by atoms with Crippen molar-refractivity contribution >= 4 is 34.5 Å². The van der Waals surface area contributed by atoms with E-state index in [2.05, 4.69) is 0 Å². The van der Waals surface area contributed by atoms with Gasteiger partial charge in [0.2, 0.25) is 0 Å². The Labute approximate surface area is 120 Å². The van der Waals surface area contributed by atoms with Gasteiger partial charge in [-0.3, -0.25) is 0 Å². The summed E-state index contributed by atoms with van der Waals surface area (Å²) in [7, 11) is 0. The molecule has 1 aromatic heterocycles. The van der Waals surface area contributed by atoms with Gasteiger partial charge in [-0.25, -0.2) is 0 Å². The van der Waals surface area contributed by atoms with E-state index in [0.717, 1.165) is 16.9 Å². The number of ether oxygens (including phenoxy) is 1. The van der Waals surface area contributed by atoms with Crippen molar-refractivity contribution in [2.45, 2.75) is 13.0 Å². The zero-order chi connectivity index (χ0) is 13.1. The third-order valence-corrected chi connectivity index (χ3v) is 4.06. The summed E-state index contributed by atoms with van der Waals surface area (Å²) < 4.78 is 6.73. The molecule has 2 nitrogen and oxygen atoms in total. The van der Waals surface area contributed by atoms with Gasteiger partial charge in [0.05, 0.1) is 21.3 Å². The van der Waals surface area contributed by atoms with E-state index in [1.807, 2.05) is 37.3 Å². The van der Waals surface area contributed by atoms with Crippen LogP contribution in [0.4, 0.5) is 0 Å². The number of hydrogen-bond acceptors (Lipinski definition) is 3. The second kappa shape index (κ2) is 5.93. The highest BCUT2D eigenvalue weighted by Crippen LogP contribution is 2.36. The van der Waals surface area contributed by atoms with Crippen LogP contribution in [0.2, 0.25) is 8.67 Å². The van der Waals surface area contributed by atoms with Crippen LogP contribution in [0, 0.1) is 0 Å². The fourth-order valence-corrected chi connectivity index (χ4v) is 3.26. The van der Waals surface area contributed by atoms with Crippen molar-refractivity contribution in [1.29, 1.82) is 0 Å². The van der Waals surface area contributed by atoms with Gasteiger partial charge in [0.25, 0.3) is 0 Å². The first-order chi connectivity index (χ1) is 8.61. The van der Waals surface area contributed by atoms with Crippen molar-refractivity contribution in [3.8, 4) is 5.75 Å². The van der Waals surface area contributed by atoms with Crippen molar-refractivity contribution in [3.63, 3.8) is 0 Å². The minimum atomic E-state index is -0.290. The Balaban J connectivity index is 2.30. The van der Waals surface area contributed by atoms with E-state index in [0.29, 0.717) is 15.3 Å². The second-order valence-corrected chi connectivity index (χ2v) is 6.05. The van der Waals surface area contributed by atoms with Crippen LogP contribution in [-0.4, -0.2) is 6.61 Å². The van der Waals surface area contributed by atoms with Crippen LogP contribution < -0.4 is 10.5 Å². The maximum atomic E-state index is 6.20. The number of nitrogens with two attached hydrogens (primary N) is 1. The molecule has 96 valence electrons. The molecule has 2 aromatic rings. The fraction of sp³-hybridized carbons (Fsp3) is 0.231. The van der Waals surface area contributed by atoms with Crippen molar-refractivity contribution in [2.75, 3.05) is 6.61 Å². The summed E-state index contributed by atoms with van der Waals surface area (Å²) >= 11 is 13.4. The lowest BCUT2D eigenvalue weighted by Gasteiger charge is -2.13. The minimum absolute atomic E-state index is 0.290. The summed E-state index contributed by atoms with van der Waals surface area (Å²) in [6, 6.07) is 9.23. The molecule has 2 rings (SSSR count). The summed E-state index contributed by atoms with van der Waals surface area (Å²) in [6.45, 7) is 2.58. The van der Waals surface area contributed by atoms with Crippen LogP contribution in [0.1, 0.15) is 24.1 Å². The molecule has 18 heavy (non-hydrogen) atoms. The topological polar surface area (TPSA) is 35.2 Å². The zero-order valence-electron chi connectivity index (χ0n) is 9.82. The van der Waals surface area contributed by atoms with E-state index in [-0.39, 0.29) is 6.04 Å². The van der Waals surface area contributed by atoms with Crippen LogP contribution >= 0.6 is 34.5 Å². The van der Waals surface area contributed by atoms with Gasteiger partial charge >= 0.3 is 0 Å². The monoisotopic (exact) mass is 301 g/mol. The van der Waals surface area contributed by atoms with Crippen molar-refractivity contribution < 1.29 is 4.74 Å². The predicted octanol–water partition coefficient (Wildman–Crippen LogP) is 4.50. The molecule has 1 unspecified atom stereocenters. The van der Waals surface area contributed by atoms with Gasteiger partial charge < -0.3 is 10.5 Å². The standard InChI is InChI=1S/C13H13Cl2NOS/c1-2-17-9-5-3-4-8(6-9)12(16)10-7-11(14)18-13(10)15/h3-7,12H,2,16H2,1H3. The fourth-order valence-electron chi connectivity index (χ4n) is 1.71. The van der Waals surface area contributed by atoms with Gasteiger partial charge in [-0.1, -0.05) is 35.3 Å². The molecular weight excluding hydrogens is 289 g/mol. The first-order valence-corrected chi connectivity index (χ1v) is 7.12. The van der Waals surface area contributed by atoms with E-state index in [1.54, 1.807) is 0 Å². The van der Waals surface area contributed by atoms with Crippen molar-refractivity contribution in [3.05, 3.63) is 50.1 Å². The molecule has 1 heterocycles. The molecule has 0 fully saturated rings. The highest BCUT2D eigenvalue weighted by Gasteiger charge is 2.16. The average Bonchev–Trinajstić information content (AvgIpc) is 2.68. The van der Waals surface area contributed by atoms with Gasteiger partial charge in [-0.15, -0.1) is 11.3 Å². The molecule has 0 saturated carbocycles. The quantitative estimate of drug-likeness (QED) is 0.902. The molecule has 0 radical (unpaired) electrons. The summed E-state index contributed by atoms with van der Waals surface area (Å²) in [6.07, 6.45) is 0. The summed E-state index contributed by atoms with van der Waals surface area (Å²) in [4.78, 5) is 0. The lowest BCUT2D eigenvalue weighted by Crippen LogP contribution is -2.11. The van der Waals surface area contributed by atoms with E-state index >= 15 is 0 Å². The smallest absolute Gasteiger partial charge is 0.119 e. The third-order valence-electron chi connectivity index (χ3n) is 2.55. The lowest BCUT2D eigenvalue weighted by molar-refractivity contribution is 0.340. The molecule has 0 bridgehead atoms. The number of hydrogen-bond donors (Lipinski definition) is 1. The Morgan fingerprint density at radius 1 is 1.33 bits per heavy atom. The third kappa shape index (κ3) is 2.98. The normalized spacial score (nSPS) is 12.4. The molecule has 1 aromatic carbocycles. The maximum Gasteiger partial charge on any atom is 0.119 e. The molecule has 0 amide bonds. The molecule has 0 aliphatic rings.